The highest BCUT2D eigenvalue weighted by molar-refractivity contribution is 5.58. The Morgan fingerprint density at radius 2 is 2.33 bits per heavy atom. The molecule has 1 aromatic heterocycles. The number of nitrogens with zero attached hydrogens (tertiary/aromatic N) is 2. The minimum Gasteiger partial charge on any atom is -0.313 e. The average molecular weight is 205 g/mol. The van der Waals surface area contributed by atoms with Crippen molar-refractivity contribution in [2.24, 2.45) is 0 Å². The molecule has 4 heteroatoms. The van der Waals surface area contributed by atoms with Crippen molar-refractivity contribution in [3.8, 4) is 0 Å². The predicted molar refractivity (Wildman–Crippen MR) is 57.4 cm³/mol. The van der Waals surface area contributed by atoms with Crippen LogP contribution in [0.3, 0.4) is 0 Å². The van der Waals surface area contributed by atoms with Gasteiger partial charge in [0.15, 0.2) is 0 Å². The highest BCUT2D eigenvalue weighted by Gasteiger charge is 2.20. The maximum Gasteiger partial charge on any atom is 0.138 e. The maximum atomic E-state index is 10.9. The fraction of sp³-hybridized carbons (Fsp3) is 0.455. The third-order valence-corrected chi connectivity index (χ3v) is 2.69. The Morgan fingerprint density at radius 1 is 1.53 bits per heavy atom. The van der Waals surface area contributed by atoms with Crippen molar-refractivity contribution < 1.29 is 4.79 Å². The van der Waals surface area contributed by atoms with Gasteiger partial charge in [-0.05, 0) is 17.7 Å². The Labute approximate surface area is 89.3 Å². The van der Waals surface area contributed by atoms with E-state index in [0.29, 0.717) is 0 Å². The second-order valence-electron chi connectivity index (χ2n) is 3.73. The molecule has 0 saturated carbocycles. The first kappa shape index (κ1) is 10.3. The van der Waals surface area contributed by atoms with Gasteiger partial charge in [0.2, 0.25) is 0 Å². The highest BCUT2D eigenvalue weighted by Crippen LogP contribution is 2.07. The molecule has 1 N–H and O–H groups in total. The van der Waals surface area contributed by atoms with E-state index in [1.165, 1.54) is 5.56 Å². The van der Waals surface area contributed by atoms with Gasteiger partial charge in [-0.15, -0.1) is 0 Å². The average Bonchev–Trinajstić information content (AvgIpc) is 2.31. The van der Waals surface area contributed by atoms with Crippen molar-refractivity contribution in [3.63, 3.8) is 0 Å². The lowest BCUT2D eigenvalue weighted by molar-refractivity contribution is -0.113. The molecule has 1 saturated heterocycles. The summed E-state index contributed by atoms with van der Waals surface area (Å²) in [4.78, 5) is 17.0. The second-order valence-corrected chi connectivity index (χ2v) is 3.73. The number of hydrogen-bond acceptors (Lipinski definition) is 4. The van der Waals surface area contributed by atoms with E-state index in [-0.39, 0.29) is 6.04 Å². The molecule has 80 valence electrons. The Bertz CT molecular complexity index is 315. The van der Waals surface area contributed by atoms with Crippen LogP contribution >= 0.6 is 0 Å². The smallest absolute Gasteiger partial charge is 0.138 e. The minimum atomic E-state index is 0.00640. The normalized spacial score (nSPS) is 22.5. The van der Waals surface area contributed by atoms with E-state index in [0.717, 1.165) is 32.5 Å². The summed E-state index contributed by atoms with van der Waals surface area (Å²) in [5.74, 6) is 0. The van der Waals surface area contributed by atoms with Crippen molar-refractivity contribution in [1.82, 2.24) is 15.2 Å². The van der Waals surface area contributed by atoms with Crippen LogP contribution in [0.1, 0.15) is 5.56 Å². The van der Waals surface area contributed by atoms with Crippen LogP contribution in [0.25, 0.3) is 0 Å². The molecule has 0 aliphatic carbocycles. The van der Waals surface area contributed by atoms with Crippen molar-refractivity contribution in [2.45, 2.75) is 12.6 Å². The van der Waals surface area contributed by atoms with Gasteiger partial charge in [-0.2, -0.15) is 0 Å². The number of carbonyl (C=O) groups is 1. The van der Waals surface area contributed by atoms with Crippen LogP contribution in [0, 0.1) is 0 Å². The van der Waals surface area contributed by atoms with Crippen LogP contribution in [0.5, 0.6) is 0 Å². The summed E-state index contributed by atoms with van der Waals surface area (Å²) >= 11 is 0. The summed E-state index contributed by atoms with van der Waals surface area (Å²) in [6.07, 6.45) is 4.59. The summed E-state index contributed by atoms with van der Waals surface area (Å²) in [6, 6.07) is 3.99. The summed E-state index contributed by atoms with van der Waals surface area (Å²) in [7, 11) is 0. The van der Waals surface area contributed by atoms with Crippen LogP contribution in [0.15, 0.2) is 24.5 Å². The second kappa shape index (κ2) is 5.00. The Kier molecular flexibility index (Phi) is 3.42. The molecule has 1 fully saturated rings. The van der Waals surface area contributed by atoms with Crippen LogP contribution in [-0.4, -0.2) is 41.8 Å². The van der Waals surface area contributed by atoms with Crippen molar-refractivity contribution in [3.05, 3.63) is 30.1 Å². The third-order valence-electron chi connectivity index (χ3n) is 2.69. The van der Waals surface area contributed by atoms with Crippen LogP contribution in [0.2, 0.25) is 0 Å². The van der Waals surface area contributed by atoms with Crippen molar-refractivity contribution >= 4 is 6.29 Å². The Balaban J connectivity index is 2.00. The standard InChI is InChI=1S/C11H15N3O/c15-9-11-7-13-5-6-14(11)8-10-1-3-12-4-2-10/h1-4,9,11,13H,5-8H2. The number of carbonyl (C=O) groups excluding carboxylic acids is 1. The first-order valence-corrected chi connectivity index (χ1v) is 5.19. The molecule has 1 unspecified atom stereocenters. The lowest BCUT2D eigenvalue weighted by atomic mass is 10.1. The molecule has 0 aromatic carbocycles. The zero-order valence-corrected chi connectivity index (χ0v) is 8.60. The molecule has 0 amide bonds. The Morgan fingerprint density at radius 3 is 3.07 bits per heavy atom. The molecule has 1 atom stereocenters. The largest absolute Gasteiger partial charge is 0.313 e. The number of rotatable bonds is 3. The summed E-state index contributed by atoms with van der Waals surface area (Å²) in [5, 5.41) is 3.22. The molecule has 0 bridgehead atoms. The number of aromatic nitrogens is 1. The van der Waals surface area contributed by atoms with Gasteiger partial charge in [0.05, 0.1) is 6.04 Å². The number of pyridine rings is 1. The van der Waals surface area contributed by atoms with Crippen LogP contribution in [0.4, 0.5) is 0 Å². The number of nitrogens with one attached hydrogen (secondary N) is 1. The van der Waals surface area contributed by atoms with Gasteiger partial charge in [0, 0.05) is 38.6 Å². The molecule has 1 aliphatic heterocycles. The maximum absolute atomic E-state index is 10.9. The van der Waals surface area contributed by atoms with Gasteiger partial charge in [0.1, 0.15) is 6.29 Å². The fourth-order valence-electron chi connectivity index (χ4n) is 1.82. The number of piperazine rings is 1. The fourth-order valence-corrected chi connectivity index (χ4v) is 1.82. The minimum absolute atomic E-state index is 0.00640. The first-order valence-electron chi connectivity index (χ1n) is 5.19. The number of hydrogen-bond donors (Lipinski definition) is 1. The van der Waals surface area contributed by atoms with Gasteiger partial charge in [-0.3, -0.25) is 9.88 Å². The van der Waals surface area contributed by atoms with E-state index in [1.54, 1.807) is 12.4 Å². The summed E-state index contributed by atoms with van der Waals surface area (Å²) < 4.78 is 0. The highest BCUT2D eigenvalue weighted by atomic mass is 16.1. The van der Waals surface area contributed by atoms with Crippen LogP contribution < -0.4 is 5.32 Å². The lowest BCUT2D eigenvalue weighted by Gasteiger charge is -2.32. The third kappa shape index (κ3) is 2.61. The van der Waals surface area contributed by atoms with E-state index >= 15 is 0 Å². The number of aldehydes is 1. The van der Waals surface area contributed by atoms with Gasteiger partial charge in [-0.1, -0.05) is 0 Å². The molecule has 0 radical (unpaired) electrons. The molecule has 15 heavy (non-hydrogen) atoms. The topological polar surface area (TPSA) is 45.2 Å². The van der Waals surface area contributed by atoms with Crippen LogP contribution in [-0.2, 0) is 11.3 Å². The first-order chi connectivity index (χ1) is 7.40. The van der Waals surface area contributed by atoms with E-state index in [9.17, 15) is 4.79 Å². The van der Waals surface area contributed by atoms with Gasteiger partial charge < -0.3 is 10.1 Å². The van der Waals surface area contributed by atoms with E-state index < -0.39 is 0 Å². The van der Waals surface area contributed by atoms with Gasteiger partial charge in [-0.25, -0.2) is 0 Å². The van der Waals surface area contributed by atoms with Crippen molar-refractivity contribution in [1.29, 1.82) is 0 Å². The molecular weight excluding hydrogens is 190 g/mol. The molecule has 4 nitrogen and oxygen atoms in total. The van der Waals surface area contributed by atoms with Gasteiger partial charge in [0.25, 0.3) is 0 Å². The predicted octanol–water partition coefficient (Wildman–Crippen LogP) is 0.0543. The molecular formula is C11H15N3O. The summed E-state index contributed by atoms with van der Waals surface area (Å²) in [6.45, 7) is 3.46. The molecule has 1 aliphatic rings. The lowest BCUT2D eigenvalue weighted by Crippen LogP contribution is -2.51. The van der Waals surface area contributed by atoms with Gasteiger partial charge >= 0.3 is 0 Å². The van der Waals surface area contributed by atoms with Crippen molar-refractivity contribution in [2.75, 3.05) is 19.6 Å². The van der Waals surface area contributed by atoms with E-state index in [4.69, 9.17) is 0 Å². The Hall–Kier alpha value is -1.26. The zero-order valence-electron chi connectivity index (χ0n) is 8.60. The molecule has 1 aromatic rings. The molecule has 2 heterocycles. The van der Waals surface area contributed by atoms with E-state index in [1.807, 2.05) is 12.1 Å². The monoisotopic (exact) mass is 205 g/mol. The molecule has 0 spiro atoms. The quantitative estimate of drug-likeness (QED) is 0.708. The SMILES string of the molecule is O=CC1CNCCN1Cc1ccncc1. The summed E-state index contributed by atoms with van der Waals surface area (Å²) in [5.41, 5.74) is 1.21. The zero-order chi connectivity index (χ0) is 10.5. The van der Waals surface area contributed by atoms with E-state index in [2.05, 4.69) is 15.2 Å². The molecule has 2 rings (SSSR count).